The molecule has 1 aliphatic heterocycles. The summed E-state index contributed by atoms with van der Waals surface area (Å²) in [6, 6.07) is 4.86. The normalized spacial score (nSPS) is 23.1. The van der Waals surface area contributed by atoms with Gasteiger partial charge in [-0.05, 0) is 64.0 Å². The second-order valence-electron chi connectivity index (χ2n) is 10.6. The molecule has 1 aromatic heterocycles. The maximum Gasteiger partial charge on any atom is 0.407 e. The number of carbonyl (C=O) groups excluding carboxylic acids is 3. The lowest BCUT2D eigenvalue weighted by atomic mass is 9.99. The van der Waals surface area contributed by atoms with Gasteiger partial charge in [-0.15, -0.1) is 0 Å². The fourth-order valence-corrected chi connectivity index (χ4v) is 5.38. The molecule has 0 spiro atoms. The zero-order valence-corrected chi connectivity index (χ0v) is 21.7. The van der Waals surface area contributed by atoms with E-state index in [0.717, 1.165) is 31.4 Å². The number of alkyl carbamates (subject to hydrolysis) is 1. The van der Waals surface area contributed by atoms with Crippen LogP contribution in [0.1, 0.15) is 81.9 Å². The van der Waals surface area contributed by atoms with Crippen LogP contribution in [-0.2, 0) is 14.3 Å². The van der Waals surface area contributed by atoms with Crippen LogP contribution in [0.25, 0.3) is 0 Å². The molecule has 198 valence electrons. The Morgan fingerprint density at radius 2 is 2.11 bits per heavy atom. The highest BCUT2D eigenvalue weighted by atomic mass is 35.5. The lowest BCUT2D eigenvalue weighted by Gasteiger charge is -2.20. The van der Waals surface area contributed by atoms with Crippen molar-refractivity contribution in [2.75, 3.05) is 16.8 Å². The molecule has 1 saturated heterocycles. The van der Waals surface area contributed by atoms with Gasteiger partial charge in [-0.1, -0.05) is 17.7 Å². The molecular weight excluding hydrogens is 501 g/mol. The second kappa shape index (κ2) is 9.96. The number of H-pyrrole nitrogens is 1. The Labute approximate surface area is 219 Å². The molecule has 5 rings (SSSR count). The second-order valence-corrected chi connectivity index (χ2v) is 11.0. The summed E-state index contributed by atoms with van der Waals surface area (Å²) in [7, 11) is 0. The first-order valence-corrected chi connectivity index (χ1v) is 13.1. The monoisotopic (exact) mass is 531 g/mol. The Hall–Kier alpha value is -3.14. The molecule has 0 bridgehead atoms. The molecule has 3 fully saturated rings. The Morgan fingerprint density at radius 1 is 1.32 bits per heavy atom. The first kappa shape index (κ1) is 25.5. The molecular formula is C26H31ClFN5O4. The number of anilines is 2. The molecule has 3 amide bonds. The summed E-state index contributed by atoms with van der Waals surface area (Å²) in [6.07, 6.45) is 4.75. The van der Waals surface area contributed by atoms with Crippen LogP contribution in [0.5, 0.6) is 0 Å². The molecule has 9 nitrogen and oxygen atoms in total. The zero-order chi connectivity index (χ0) is 26.3. The lowest BCUT2D eigenvalue weighted by Crippen LogP contribution is -2.36. The minimum absolute atomic E-state index is 0.117. The number of hydrogen-bond donors (Lipinski definition) is 3. The Bertz CT molecular complexity index is 1230. The van der Waals surface area contributed by atoms with Gasteiger partial charge in [-0.25, -0.2) is 9.18 Å². The molecule has 2 aromatic rings. The van der Waals surface area contributed by atoms with Crippen LogP contribution >= 0.6 is 11.6 Å². The SMILES string of the molecule is CC(C(=O)Nc1cc(C2CC[C@H](OC(=O)NC3(C)CC3)C2)[nH]n1)c1ccc(N2CCCC2=O)c(F)c1Cl. The van der Waals surface area contributed by atoms with Crippen LogP contribution in [0, 0.1) is 5.82 Å². The molecule has 1 aromatic carbocycles. The summed E-state index contributed by atoms with van der Waals surface area (Å²) in [5, 5.41) is 12.7. The smallest absolute Gasteiger partial charge is 0.407 e. The minimum Gasteiger partial charge on any atom is -0.446 e. The number of rotatable bonds is 7. The number of ether oxygens (including phenoxy) is 1. The predicted molar refractivity (Wildman–Crippen MR) is 136 cm³/mol. The lowest BCUT2D eigenvalue weighted by molar-refractivity contribution is -0.118. The van der Waals surface area contributed by atoms with Crippen LogP contribution in [0.2, 0.25) is 5.02 Å². The van der Waals surface area contributed by atoms with Gasteiger partial charge >= 0.3 is 6.09 Å². The van der Waals surface area contributed by atoms with Gasteiger partial charge in [0.1, 0.15) is 6.10 Å². The number of aromatic nitrogens is 2. The molecule has 3 N–H and O–H groups in total. The molecule has 0 radical (unpaired) electrons. The van der Waals surface area contributed by atoms with Crippen molar-refractivity contribution in [2.45, 2.75) is 82.3 Å². The van der Waals surface area contributed by atoms with E-state index < -0.39 is 11.7 Å². The zero-order valence-electron chi connectivity index (χ0n) is 20.9. The summed E-state index contributed by atoms with van der Waals surface area (Å²) in [5.74, 6) is -1.49. The van der Waals surface area contributed by atoms with E-state index in [1.165, 1.54) is 11.0 Å². The molecule has 37 heavy (non-hydrogen) atoms. The van der Waals surface area contributed by atoms with E-state index >= 15 is 0 Å². The Balaban J connectivity index is 1.18. The molecule has 3 atom stereocenters. The quantitative estimate of drug-likeness (QED) is 0.465. The van der Waals surface area contributed by atoms with Gasteiger partial charge < -0.3 is 20.3 Å². The fraction of sp³-hybridized carbons (Fsp3) is 0.538. The van der Waals surface area contributed by atoms with Crippen molar-refractivity contribution in [1.82, 2.24) is 15.5 Å². The average molecular weight is 532 g/mol. The van der Waals surface area contributed by atoms with Gasteiger partial charge in [0.2, 0.25) is 11.8 Å². The number of aromatic amines is 1. The van der Waals surface area contributed by atoms with E-state index in [4.69, 9.17) is 16.3 Å². The van der Waals surface area contributed by atoms with Crippen LogP contribution < -0.4 is 15.5 Å². The van der Waals surface area contributed by atoms with Gasteiger partial charge in [0.05, 0.1) is 16.6 Å². The highest BCUT2D eigenvalue weighted by Gasteiger charge is 2.40. The summed E-state index contributed by atoms with van der Waals surface area (Å²) < 4.78 is 20.6. The number of nitrogens with one attached hydrogen (secondary N) is 3. The number of halogens is 2. The van der Waals surface area contributed by atoms with E-state index in [-0.39, 0.29) is 46.2 Å². The number of carbonyl (C=O) groups is 3. The highest BCUT2D eigenvalue weighted by molar-refractivity contribution is 6.32. The fourth-order valence-electron chi connectivity index (χ4n) is 5.05. The Morgan fingerprint density at radius 3 is 2.81 bits per heavy atom. The van der Waals surface area contributed by atoms with E-state index in [9.17, 15) is 18.8 Å². The third-order valence-corrected chi connectivity index (χ3v) is 8.05. The van der Waals surface area contributed by atoms with Gasteiger partial charge in [0.25, 0.3) is 0 Å². The van der Waals surface area contributed by atoms with Crippen LogP contribution in [0.3, 0.4) is 0 Å². The van der Waals surface area contributed by atoms with Gasteiger partial charge in [0.15, 0.2) is 11.6 Å². The average Bonchev–Trinajstić information content (AvgIpc) is 3.26. The van der Waals surface area contributed by atoms with Crippen molar-refractivity contribution in [1.29, 1.82) is 0 Å². The van der Waals surface area contributed by atoms with Crippen molar-refractivity contribution in [3.05, 3.63) is 40.3 Å². The first-order valence-electron chi connectivity index (χ1n) is 12.8. The van der Waals surface area contributed by atoms with Gasteiger partial charge in [-0.2, -0.15) is 5.10 Å². The molecule has 2 heterocycles. The van der Waals surface area contributed by atoms with Crippen molar-refractivity contribution < 1.29 is 23.5 Å². The summed E-state index contributed by atoms with van der Waals surface area (Å²) in [4.78, 5) is 38.4. The molecule has 2 unspecified atom stereocenters. The summed E-state index contributed by atoms with van der Waals surface area (Å²) in [5.41, 5.74) is 1.20. The molecule has 3 aliphatic rings. The van der Waals surface area contributed by atoms with Gasteiger partial charge in [-0.3, -0.25) is 14.7 Å². The van der Waals surface area contributed by atoms with Gasteiger partial charge in [0, 0.05) is 36.2 Å². The van der Waals surface area contributed by atoms with E-state index in [0.29, 0.717) is 37.2 Å². The van der Waals surface area contributed by atoms with Crippen molar-refractivity contribution in [3.8, 4) is 0 Å². The van der Waals surface area contributed by atoms with Crippen LogP contribution in [-0.4, -0.2) is 46.3 Å². The van der Waals surface area contributed by atoms with Crippen LogP contribution in [0.4, 0.5) is 20.7 Å². The number of nitrogens with zero attached hydrogens (tertiary/aromatic N) is 2. The molecule has 11 heteroatoms. The van der Waals surface area contributed by atoms with Crippen LogP contribution in [0.15, 0.2) is 18.2 Å². The van der Waals surface area contributed by atoms with Crippen molar-refractivity contribution >= 4 is 41.0 Å². The first-order chi connectivity index (χ1) is 17.6. The predicted octanol–water partition coefficient (Wildman–Crippen LogP) is 4.99. The van der Waals surface area contributed by atoms with E-state index in [2.05, 4.69) is 20.8 Å². The number of hydrogen-bond acceptors (Lipinski definition) is 5. The Kier molecular flexibility index (Phi) is 6.87. The maximum absolute atomic E-state index is 15.0. The topological polar surface area (TPSA) is 116 Å². The number of amides is 3. The molecule has 2 saturated carbocycles. The van der Waals surface area contributed by atoms with E-state index in [1.54, 1.807) is 19.1 Å². The maximum atomic E-state index is 15.0. The minimum atomic E-state index is -0.749. The standard InChI is InChI=1S/C26H31ClFN5O4/c1-14(17-7-8-19(23(28)22(17)27)33-11-3-4-21(33)34)24(35)29-20-13-18(31-32-20)15-5-6-16(12-15)37-25(36)30-26(2)9-10-26/h7-8,13-16H,3-6,9-12H2,1-2H3,(H,30,36)(H2,29,31,32,35)/t14?,15?,16-/m0/s1. The van der Waals surface area contributed by atoms with Crippen molar-refractivity contribution in [3.63, 3.8) is 0 Å². The highest BCUT2D eigenvalue weighted by Crippen LogP contribution is 2.38. The largest absolute Gasteiger partial charge is 0.446 e. The summed E-state index contributed by atoms with van der Waals surface area (Å²) >= 11 is 6.29. The van der Waals surface area contributed by atoms with Crippen molar-refractivity contribution in [2.24, 2.45) is 0 Å². The number of benzene rings is 1. The summed E-state index contributed by atoms with van der Waals surface area (Å²) in [6.45, 7) is 4.09. The third kappa shape index (κ3) is 5.44. The third-order valence-electron chi connectivity index (χ3n) is 7.67. The molecule has 2 aliphatic carbocycles. The van der Waals surface area contributed by atoms with E-state index in [1.807, 2.05) is 6.92 Å².